The molecular formula is C16H22N4O. The molecule has 2 aromatic rings. The summed E-state index contributed by atoms with van der Waals surface area (Å²) < 4.78 is 5.36. The highest BCUT2D eigenvalue weighted by atomic mass is 16.5. The summed E-state index contributed by atoms with van der Waals surface area (Å²) in [6, 6.07) is 4.05. The van der Waals surface area contributed by atoms with Gasteiger partial charge >= 0.3 is 0 Å². The predicted molar refractivity (Wildman–Crippen MR) is 82.4 cm³/mol. The Labute approximate surface area is 125 Å². The first-order valence-electron chi connectivity index (χ1n) is 7.19. The van der Waals surface area contributed by atoms with E-state index in [9.17, 15) is 0 Å². The molecule has 0 spiro atoms. The van der Waals surface area contributed by atoms with Gasteiger partial charge in [-0.05, 0) is 38.4 Å². The average Bonchev–Trinajstić information content (AvgIpc) is 2.49. The van der Waals surface area contributed by atoms with Gasteiger partial charge in [0, 0.05) is 23.8 Å². The van der Waals surface area contributed by atoms with Crippen molar-refractivity contribution in [3.8, 4) is 5.88 Å². The van der Waals surface area contributed by atoms with Gasteiger partial charge in [-0.2, -0.15) is 0 Å². The SMILES string of the molecule is CCCNC(c1ccc(C)nc1C)c1nccnc1OC. The van der Waals surface area contributed by atoms with Crippen LogP contribution in [0.3, 0.4) is 0 Å². The molecule has 0 radical (unpaired) electrons. The molecule has 2 rings (SSSR count). The molecule has 0 aliphatic carbocycles. The second-order valence-corrected chi connectivity index (χ2v) is 4.97. The molecule has 1 atom stereocenters. The molecule has 0 amide bonds. The van der Waals surface area contributed by atoms with Gasteiger partial charge in [-0.1, -0.05) is 13.0 Å². The monoisotopic (exact) mass is 286 g/mol. The van der Waals surface area contributed by atoms with Gasteiger partial charge in [0.2, 0.25) is 5.88 Å². The molecule has 0 saturated heterocycles. The van der Waals surface area contributed by atoms with Crippen molar-refractivity contribution < 1.29 is 4.74 Å². The van der Waals surface area contributed by atoms with Crippen LogP contribution in [-0.2, 0) is 0 Å². The largest absolute Gasteiger partial charge is 0.480 e. The minimum absolute atomic E-state index is 0.0679. The van der Waals surface area contributed by atoms with Crippen LogP contribution in [0, 0.1) is 13.8 Å². The summed E-state index contributed by atoms with van der Waals surface area (Å²) in [5, 5.41) is 3.51. The van der Waals surface area contributed by atoms with Crippen LogP contribution < -0.4 is 10.1 Å². The molecule has 0 aliphatic heterocycles. The maximum atomic E-state index is 5.36. The summed E-state index contributed by atoms with van der Waals surface area (Å²) in [6.45, 7) is 7.04. The molecule has 21 heavy (non-hydrogen) atoms. The lowest BCUT2D eigenvalue weighted by Gasteiger charge is -2.21. The van der Waals surface area contributed by atoms with Crippen molar-refractivity contribution in [3.63, 3.8) is 0 Å². The third-order valence-corrected chi connectivity index (χ3v) is 3.33. The van der Waals surface area contributed by atoms with Crippen molar-refractivity contribution in [1.82, 2.24) is 20.3 Å². The fourth-order valence-electron chi connectivity index (χ4n) is 2.34. The number of methoxy groups -OCH3 is 1. The molecule has 2 heterocycles. The second kappa shape index (κ2) is 7.13. The lowest BCUT2D eigenvalue weighted by Crippen LogP contribution is -2.26. The maximum absolute atomic E-state index is 5.36. The smallest absolute Gasteiger partial charge is 0.237 e. The third kappa shape index (κ3) is 3.55. The summed E-state index contributed by atoms with van der Waals surface area (Å²) in [5.74, 6) is 0.547. The summed E-state index contributed by atoms with van der Waals surface area (Å²) in [4.78, 5) is 13.3. The van der Waals surface area contributed by atoms with Gasteiger partial charge in [-0.15, -0.1) is 0 Å². The van der Waals surface area contributed by atoms with Gasteiger partial charge in [0.05, 0.1) is 13.2 Å². The molecule has 0 aromatic carbocycles. The Kier molecular flexibility index (Phi) is 5.22. The van der Waals surface area contributed by atoms with E-state index in [1.54, 1.807) is 19.5 Å². The molecule has 5 nitrogen and oxygen atoms in total. The van der Waals surface area contributed by atoms with E-state index >= 15 is 0 Å². The fraction of sp³-hybridized carbons (Fsp3) is 0.438. The normalized spacial score (nSPS) is 12.2. The van der Waals surface area contributed by atoms with Crippen molar-refractivity contribution >= 4 is 0 Å². The zero-order chi connectivity index (χ0) is 15.2. The number of ether oxygens (including phenoxy) is 1. The Morgan fingerprint density at radius 2 is 1.95 bits per heavy atom. The van der Waals surface area contributed by atoms with Crippen LogP contribution in [0.1, 0.15) is 42.0 Å². The van der Waals surface area contributed by atoms with Crippen LogP contribution >= 0.6 is 0 Å². The van der Waals surface area contributed by atoms with Crippen LogP contribution in [0.5, 0.6) is 5.88 Å². The summed E-state index contributed by atoms with van der Waals surface area (Å²) >= 11 is 0. The molecule has 5 heteroatoms. The van der Waals surface area contributed by atoms with Crippen molar-refractivity contribution in [1.29, 1.82) is 0 Å². The Morgan fingerprint density at radius 1 is 1.19 bits per heavy atom. The zero-order valence-electron chi connectivity index (χ0n) is 13.1. The minimum atomic E-state index is -0.0679. The highest BCUT2D eigenvalue weighted by molar-refractivity contribution is 5.35. The van der Waals surface area contributed by atoms with Crippen LogP contribution in [0.15, 0.2) is 24.5 Å². The van der Waals surface area contributed by atoms with Gasteiger partial charge in [0.25, 0.3) is 0 Å². The van der Waals surface area contributed by atoms with E-state index in [0.29, 0.717) is 5.88 Å². The Hall–Kier alpha value is -2.01. The quantitative estimate of drug-likeness (QED) is 0.884. The van der Waals surface area contributed by atoms with Crippen molar-refractivity contribution in [3.05, 3.63) is 47.2 Å². The standard InChI is InChI=1S/C16H22N4O/c1-5-8-17-14(13-7-6-11(2)20-12(13)3)15-16(21-4)19-10-9-18-15/h6-7,9-10,14,17H,5,8H2,1-4H3. The lowest BCUT2D eigenvalue weighted by molar-refractivity contribution is 0.382. The van der Waals surface area contributed by atoms with Crippen LogP contribution in [0.25, 0.3) is 0 Å². The molecular weight excluding hydrogens is 264 g/mol. The molecule has 1 N–H and O–H groups in total. The number of hydrogen-bond acceptors (Lipinski definition) is 5. The summed E-state index contributed by atoms with van der Waals surface area (Å²) in [7, 11) is 1.62. The van der Waals surface area contributed by atoms with E-state index in [2.05, 4.69) is 33.3 Å². The number of nitrogens with one attached hydrogen (secondary N) is 1. The zero-order valence-corrected chi connectivity index (χ0v) is 13.1. The van der Waals surface area contributed by atoms with Gasteiger partial charge < -0.3 is 10.1 Å². The molecule has 2 aromatic heterocycles. The van der Waals surface area contributed by atoms with Crippen molar-refractivity contribution in [2.45, 2.75) is 33.2 Å². The number of hydrogen-bond donors (Lipinski definition) is 1. The second-order valence-electron chi connectivity index (χ2n) is 4.97. The third-order valence-electron chi connectivity index (χ3n) is 3.33. The van der Waals surface area contributed by atoms with E-state index in [0.717, 1.165) is 35.6 Å². The molecule has 0 fully saturated rings. The van der Waals surface area contributed by atoms with E-state index in [1.807, 2.05) is 19.9 Å². The van der Waals surface area contributed by atoms with Crippen LogP contribution in [0.2, 0.25) is 0 Å². The minimum Gasteiger partial charge on any atom is -0.480 e. The van der Waals surface area contributed by atoms with E-state index in [4.69, 9.17) is 4.74 Å². The molecule has 0 bridgehead atoms. The Morgan fingerprint density at radius 3 is 2.62 bits per heavy atom. The van der Waals surface area contributed by atoms with E-state index in [1.165, 1.54) is 0 Å². The fourth-order valence-corrected chi connectivity index (χ4v) is 2.34. The van der Waals surface area contributed by atoms with Gasteiger partial charge in [0.15, 0.2) is 0 Å². The topological polar surface area (TPSA) is 59.9 Å². The van der Waals surface area contributed by atoms with E-state index < -0.39 is 0 Å². The molecule has 1 unspecified atom stereocenters. The number of rotatable bonds is 6. The first-order valence-corrected chi connectivity index (χ1v) is 7.19. The molecule has 0 aliphatic rings. The Balaban J connectivity index is 2.47. The van der Waals surface area contributed by atoms with Crippen LogP contribution in [0.4, 0.5) is 0 Å². The first kappa shape index (κ1) is 15.4. The Bertz CT molecular complexity index is 601. The van der Waals surface area contributed by atoms with Gasteiger partial charge in [-0.3, -0.25) is 9.97 Å². The summed E-state index contributed by atoms with van der Waals surface area (Å²) in [5.41, 5.74) is 3.91. The average molecular weight is 286 g/mol. The maximum Gasteiger partial charge on any atom is 0.237 e. The summed E-state index contributed by atoms with van der Waals surface area (Å²) in [6.07, 6.45) is 4.37. The van der Waals surface area contributed by atoms with Gasteiger partial charge in [-0.25, -0.2) is 4.98 Å². The molecule has 0 saturated carbocycles. The predicted octanol–water partition coefficient (Wildman–Crippen LogP) is 2.59. The van der Waals surface area contributed by atoms with E-state index in [-0.39, 0.29) is 6.04 Å². The lowest BCUT2D eigenvalue weighted by atomic mass is 10.0. The molecule has 112 valence electrons. The highest BCUT2D eigenvalue weighted by Gasteiger charge is 2.22. The number of aromatic nitrogens is 3. The van der Waals surface area contributed by atoms with Crippen molar-refractivity contribution in [2.75, 3.05) is 13.7 Å². The highest BCUT2D eigenvalue weighted by Crippen LogP contribution is 2.28. The van der Waals surface area contributed by atoms with Crippen LogP contribution in [-0.4, -0.2) is 28.6 Å². The van der Waals surface area contributed by atoms with Gasteiger partial charge in [0.1, 0.15) is 5.69 Å². The first-order chi connectivity index (χ1) is 10.2. The van der Waals surface area contributed by atoms with Crippen molar-refractivity contribution in [2.24, 2.45) is 0 Å². The number of aryl methyl sites for hydroxylation is 2. The number of nitrogens with zero attached hydrogens (tertiary/aromatic N) is 3. The number of pyridine rings is 1.